The molecular weight excluding hydrogens is 522 g/mol. The molecule has 2 heterocycles. The molecule has 9 nitrogen and oxygen atoms in total. The van der Waals surface area contributed by atoms with E-state index in [1.54, 1.807) is 12.1 Å². The molecule has 2 amide bonds. The molecule has 1 spiro atoms. The van der Waals surface area contributed by atoms with Gasteiger partial charge in [0, 0.05) is 24.8 Å². The number of rotatable bonds is 8. The van der Waals surface area contributed by atoms with Crippen molar-refractivity contribution >= 4 is 35.1 Å². The lowest BCUT2D eigenvalue weighted by Gasteiger charge is -2.35. The van der Waals surface area contributed by atoms with Gasteiger partial charge in [-0.3, -0.25) is 9.59 Å². The third kappa shape index (κ3) is 6.68. The van der Waals surface area contributed by atoms with Gasteiger partial charge in [-0.05, 0) is 49.3 Å². The number of hydrogen-bond acceptors (Lipinski definition) is 6. The van der Waals surface area contributed by atoms with Crippen LogP contribution in [0, 0.1) is 11.3 Å². The molecule has 1 aliphatic carbocycles. The Morgan fingerprint density at radius 1 is 1.26 bits per heavy atom. The minimum atomic E-state index is -1.11. The van der Waals surface area contributed by atoms with E-state index in [1.807, 2.05) is 33.8 Å². The van der Waals surface area contributed by atoms with E-state index < -0.39 is 35.0 Å². The summed E-state index contributed by atoms with van der Waals surface area (Å²) in [7, 11) is 0. The normalized spacial score (nSPS) is 24.3. The Hall–Kier alpha value is -2.81. The predicted molar refractivity (Wildman–Crippen MR) is 148 cm³/mol. The van der Waals surface area contributed by atoms with Crippen molar-refractivity contribution in [3.8, 4) is 5.75 Å². The summed E-state index contributed by atoms with van der Waals surface area (Å²) in [5.74, 6) is -0.784. The Morgan fingerprint density at radius 2 is 1.97 bits per heavy atom. The first-order valence-corrected chi connectivity index (χ1v) is 14.3. The number of hydrogen-bond donors (Lipinski definition) is 2. The van der Waals surface area contributed by atoms with Crippen LogP contribution in [0.2, 0.25) is 5.02 Å². The molecule has 1 aromatic rings. The van der Waals surface area contributed by atoms with Gasteiger partial charge in [0.1, 0.15) is 17.8 Å². The van der Waals surface area contributed by atoms with E-state index in [2.05, 4.69) is 10.5 Å². The van der Waals surface area contributed by atoms with E-state index in [1.165, 1.54) is 11.3 Å². The number of benzene rings is 1. The van der Waals surface area contributed by atoms with Crippen LogP contribution in [0.15, 0.2) is 23.4 Å². The lowest BCUT2D eigenvalue weighted by Crippen LogP contribution is -2.57. The van der Waals surface area contributed by atoms with E-state index in [-0.39, 0.29) is 18.9 Å². The molecule has 1 aromatic carbocycles. The van der Waals surface area contributed by atoms with Gasteiger partial charge in [0.05, 0.1) is 23.9 Å². The molecule has 0 aromatic heterocycles. The molecule has 1 saturated carbocycles. The quantitative estimate of drug-likeness (QED) is 0.471. The second-order valence-electron chi connectivity index (χ2n) is 12.2. The monoisotopic (exact) mass is 561 g/mol. The molecular formula is C29H40ClN3O6. The van der Waals surface area contributed by atoms with E-state index in [4.69, 9.17) is 21.2 Å². The minimum absolute atomic E-state index is 0.0611. The van der Waals surface area contributed by atoms with Crippen LogP contribution in [0.3, 0.4) is 0 Å². The van der Waals surface area contributed by atoms with Gasteiger partial charge in [-0.25, -0.2) is 4.79 Å². The fraction of sp³-hybridized carbons (Fsp3) is 0.655. The number of carboxylic acid groups (broad SMARTS) is 1. The van der Waals surface area contributed by atoms with Gasteiger partial charge in [-0.2, -0.15) is 0 Å². The molecule has 1 saturated heterocycles. The maximum absolute atomic E-state index is 13.9. The van der Waals surface area contributed by atoms with E-state index in [9.17, 15) is 19.5 Å². The molecule has 214 valence electrons. The molecule has 2 aliphatic heterocycles. The Morgan fingerprint density at radius 3 is 2.59 bits per heavy atom. The Bertz CT molecular complexity index is 1130. The number of carbonyl (C=O) groups excluding carboxylic acids is 2. The summed E-state index contributed by atoms with van der Waals surface area (Å²) in [6.07, 6.45) is 6.32. The second-order valence-corrected chi connectivity index (χ2v) is 12.6. The highest BCUT2D eigenvalue weighted by Gasteiger charge is 2.55. The Labute approximate surface area is 235 Å². The van der Waals surface area contributed by atoms with Crippen LogP contribution in [0.25, 0.3) is 0 Å². The number of amides is 2. The zero-order valence-corrected chi connectivity index (χ0v) is 24.1. The Kier molecular flexibility index (Phi) is 8.78. The van der Waals surface area contributed by atoms with Gasteiger partial charge in [0.25, 0.3) is 0 Å². The predicted octanol–water partition coefficient (Wildman–Crippen LogP) is 4.79. The third-order valence-corrected chi connectivity index (χ3v) is 8.28. The number of ether oxygens (including phenoxy) is 1. The van der Waals surface area contributed by atoms with Crippen molar-refractivity contribution in [1.29, 1.82) is 0 Å². The van der Waals surface area contributed by atoms with E-state index in [0.29, 0.717) is 41.9 Å². The van der Waals surface area contributed by atoms with Crippen LogP contribution in [0.5, 0.6) is 5.75 Å². The van der Waals surface area contributed by atoms with Gasteiger partial charge >= 0.3 is 5.97 Å². The fourth-order valence-electron chi connectivity index (χ4n) is 5.91. The molecule has 4 rings (SSSR count). The molecule has 2 fully saturated rings. The first-order chi connectivity index (χ1) is 18.4. The van der Waals surface area contributed by atoms with Gasteiger partial charge in [0.15, 0.2) is 5.60 Å². The molecule has 39 heavy (non-hydrogen) atoms. The first kappa shape index (κ1) is 29.2. The number of oxime groups is 1. The summed E-state index contributed by atoms with van der Waals surface area (Å²) in [5.41, 5.74) is -0.200. The second kappa shape index (κ2) is 11.7. The average molecular weight is 562 g/mol. The van der Waals surface area contributed by atoms with Crippen molar-refractivity contribution in [2.45, 2.75) is 96.7 Å². The summed E-state index contributed by atoms with van der Waals surface area (Å²) in [4.78, 5) is 46.4. The molecule has 0 unspecified atom stereocenters. The van der Waals surface area contributed by atoms with Crippen LogP contribution in [-0.4, -0.2) is 64.3 Å². The molecule has 3 aliphatic rings. The van der Waals surface area contributed by atoms with Crippen molar-refractivity contribution in [2.24, 2.45) is 16.5 Å². The van der Waals surface area contributed by atoms with Gasteiger partial charge in [-0.1, -0.05) is 56.8 Å². The maximum Gasteiger partial charge on any atom is 0.326 e. The summed E-state index contributed by atoms with van der Waals surface area (Å²) >= 11 is 6.36. The number of carboxylic acids is 1. The van der Waals surface area contributed by atoms with E-state index in [0.717, 1.165) is 31.2 Å². The zero-order chi connectivity index (χ0) is 28.4. The molecule has 10 heteroatoms. The third-order valence-electron chi connectivity index (χ3n) is 7.99. The van der Waals surface area contributed by atoms with Gasteiger partial charge in [-0.15, -0.1) is 0 Å². The van der Waals surface area contributed by atoms with Crippen LogP contribution in [0.1, 0.15) is 84.6 Å². The minimum Gasteiger partial charge on any atom is -0.492 e. The Balaban J connectivity index is 1.49. The molecule has 0 bridgehead atoms. The molecule has 3 atom stereocenters. The summed E-state index contributed by atoms with van der Waals surface area (Å²) in [5, 5.41) is 17.7. The van der Waals surface area contributed by atoms with Crippen molar-refractivity contribution in [2.75, 3.05) is 13.2 Å². The summed E-state index contributed by atoms with van der Waals surface area (Å²) in [6.45, 7) is 8.05. The maximum atomic E-state index is 13.9. The van der Waals surface area contributed by atoms with Gasteiger partial charge < -0.3 is 24.9 Å². The smallest absolute Gasteiger partial charge is 0.326 e. The SMILES string of the molecule is CCOc1ccc(C2=NO[C@]3(C2)C[C@@H](C(=O)O)N(C(=O)[C@@H](NC(=O)CC2CCCCC2)C(C)(C)C)C3)cc1Cl. The summed E-state index contributed by atoms with van der Waals surface area (Å²) in [6, 6.07) is 3.40. The van der Waals surface area contributed by atoms with Crippen LogP contribution < -0.4 is 10.1 Å². The largest absolute Gasteiger partial charge is 0.492 e. The topological polar surface area (TPSA) is 118 Å². The van der Waals surface area contributed by atoms with Crippen LogP contribution >= 0.6 is 11.6 Å². The highest BCUT2D eigenvalue weighted by atomic mass is 35.5. The lowest BCUT2D eigenvalue weighted by atomic mass is 9.84. The fourth-order valence-corrected chi connectivity index (χ4v) is 6.15. The van der Waals surface area contributed by atoms with Crippen molar-refractivity contribution in [3.05, 3.63) is 28.8 Å². The number of carbonyl (C=O) groups is 3. The molecule has 0 radical (unpaired) electrons. The number of nitrogens with zero attached hydrogens (tertiary/aromatic N) is 2. The van der Waals surface area contributed by atoms with Gasteiger partial charge in [0.2, 0.25) is 11.8 Å². The first-order valence-electron chi connectivity index (χ1n) is 13.9. The average Bonchev–Trinajstić information content (AvgIpc) is 3.47. The number of halogens is 1. The van der Waals surface area contributed by atoms with Crippen molar-refractivity contribution in [3.63, 3.8) is 0 Å². The van der Waals surface area contributed by atoms with Crippen molar-refractivity contribution in [1.82, 2.24) is 10.2 Å². The highest BCUT2D eigenvalue weighted by molar-refractivity contribution is 6.32. The zero-order valence-electron chi connectivity index (χ0n) is 23.3. The molecule has 2 N–H and O–H groups in total. The number of likely N-dealkylation sites (tertiary alicyclic amines) is 1. The number of aliphatic carboxylic acids is 1. The lowest BCUT2D eigenvalue weighted by molar-refractivity contribution is -0.150. The number of nitrogens with one attached hydrogen (secondary N) is 1. The van der Waals surface area contributed by atoms with Crippen LogP contribution in [0.4, 0.5) is 0 Å². The van der Waals surface area contributed by atoms with Crippen LogP contribution in [-0.2, 0) is 19.2 Å². The summed E-state index contributed by atoms with van der Waals surface area (Å²) < 4.78 is 5.51. The standard InChI is InChI=1S/C29H40ClN3O6/c1-5-38-23-12-11-19(14-20(23)30)21-15-29(39-32-21)16-22(27(36)37)33(17-29)26(35)25(28(2,3)4)31-24(34)13-18-9-7-6-8-10-18/h11-12,14,18,22,25H,5-10,13,15-17H2,1-4H3,(H,31,34)(H,36,37)/t22-,25+,29+/m0/s1. The van der Waals surface area contributed by atoms with Crippen molar-refractivity contribution < 1.29 is 29.1 Å². The highest BCUT2D eigenvalue weighted by Crippen LogP contribution is 2.40. The van der Waals surface area contributed by atoms with E-state index >= 15 is 0 Å².